The number of aliphatic imine (C=N–C) groups is 1. The third-order valence-electron chi connectivity index (χ3n) is 1.53. The van der Waals surface area contributed by atoms with Crippen LogP contribution in [0.3, 0.4) is 0 Å². The molecule has 0 spiro atoms. The van der Waals surface area contributed by atoms with E-state index in [1.165, 1.54) is 0 Å². The zero-order valence-electron chi connectivity index (χ0n) is 6.39. The minimum Gasteiger partial charge on any atom is -0.249 e. The summed E-state index contributed by atoms with van der Waals surface area (Å²) in [6.45, 7) is 4.24. The molecule has 0 saturated heterocycles. The maximum absolute atomic E-state index is 5.18. The maximum atomic E-state index is 5.18. The molecule has 0 saturated carbocycles. The fourth-order valence-electron chi connectivity index (χ4n) is 0.904. The first-order valence-electron chi connectivity index (χ1n) is 3.48. The molecule has 0 radical (unpaired) electrons. The Bertz CT molecular complexity index is 226. The molecular weight excluding hydrogens is 122 g/mol. The number of hydrogen-bond acceptors (Lipinski definition) is 1. The summed E-state index contributed by atoms with van der Waals surface area (Å²) >= 11 is 0. The standard InChI is InChI=1S/C9H11N/c1-4-8-5-6-9(10-8)7(2)3/h1,6-7H,5H2,2-3H3. The Morgan fingerprint density at radius 3 is 2.70 bits per heavy atom. The molecule has 1 aliphatic rings. The molecule has 0 aliphatic carbocycles. The Morgan fingerprint density at radius 2 is 2.40 bits per heavy atom. The highest BCUT2D eigenvalue weighted by Crippen LogP contribution is 2.17. The van der Waals surface area contributed by atoms with E-state index in [-0.39, 0.29) is 0 Å². The van der Waals surface area contributed by atoms with Gasteiger partial charge in [0.25, 0.3) is 0 Å². The van der Waals surface area contributed by atoms with Crippen molar-refractivity contribution in [3.05, 3.63) is 11.8 Å². The van der Waals surface area contributed by atoms with E-state index in [4.69, 9.17) is 6.42 Å². The van der Waals surface area contributed by atoms with E-state index in [1.807, 2.05) is 0 Å². The predicted molar refractivity (Wildman–Crippen MR) is 43.8 cm³/mol. The van der Waals surface area contributed by atoms with Gasteiger partial charge in [-0.15, -0.1) is 6.42 Å². The average Bonchev–Trinajstić information content (AvgIpc) is 2.34. The van der Waals surface area contributed by atoms with Crippen LogP contribution in [0.25, 0.3) is 0 Å². The zero-order chi connectivity index (χ0) is 7.56. The van der Waals surface area contributed by atoms with Crippen molar-refractivity contribution in [2.24, 2.45) is 10.9 Å². The molecule has 0 fully saturated rings. The van der Waals surface area contributed by atoms with Crippen molar-refractivity contribution < 1.29 is 0 Å². The van der Waals surface area contributed by atoms with Gasteiger partial charge in [0.1, 0.15) is 0 Å². The van der Waals surface area contributed by atoms with Crippen LogP contribution in [-0.2, 0) is 0 Å². The van der Waals surface area contributed by atoms with Gasteiger partial charge < -0.3 is 0 Å². The van der Waals surface area contributed by atoms with Gasteiger partial charge in [0.2, 0.25) is 0 Å². The van der Waals surface area contributed by atoms with Crippen molar-refractivity contribution in [3.63, 3.8) is 0 Å². The molecule has 0 aromatic carbocycles. The highest BCUT2D eigenvalue weighted by Gasteiger charge is 2.08. The van der Waals surface area contributed by atoms with Gasteiger partial charge in [-0.25, -0.2) is 4.99 Å². The Balaban J connectivity index is 2.70. The van der Waals surface area contributed by atoms with E-state index in [1.54, 1.807) is 0 Å². The Labute approximate surface area is 61.9 Å². The molecule has 0 aromatic heterocycles. The lowest BCUT2D eigenvalue weighted by Gasteiger charge is -1.99. The smallest absolute Gasteiger partial charge is 0.0937 e. The molecule has 1 heteroatoms. The monoisotopic (exact) mass is 133 g/mol. The molecule has 52 valence electrons. The summed E-state index contributed by atoms with van der Waals surface area (Å²) in [7, 11) is 0. The third kappa shape index (κ3) is 1.27. The van der Waals surface area contributed by atoms with Crippen LogP contribution in [0.2, 0.25) is 0 Å². The van der Waals surface area contributed by atoms with E-state index >= 15 is 0 Å². The summed E-state index contributed by atoms with van der Waals surface area (Å²) in [6, 6.07) is 0. The van der Waals surface area contributed by atoms with Crippen molar-refractivity contribution in [2.45, 2.75) is 20.3 Å². The molecule has 10 heavy (non-hydrogen) atoms. The van der Waals surface area contributed by atoms with Crippen molar-refractivity contribution in [1.29, 1.82) is 0 Å². The Hall–Kier alpha value is -1.03. The summed E-state index contributed by atoms with van der Waals surface area (Å²) in [4.78, 5) is 4.25. The van der Waals surface area contributed by atoms with E-state index in [9.17, 15) is 0 Å². The summed E-state index contributed by atoms with van der Waals surface area (Å²) in [5.41, 5.74) is 2.00. The maximum Gasteiger partial charge on any atom is 0.0937 e. The lowest BCUT2D eigenvalue weighted by Crippen LogP contribution is -1.88. The van der Waals surface area contributed by atoms with Crippen molar-refractivity contribution in [1.82, 2.24) is 0 Å². The highest BCUT2D eigenvalue weighted by atomic mass is 14.8. The van der Waals surface area contributed by atoms with Crippen LogP contribution in [0.5, 0.6) is 0 Å². The number of terminal acetylenes is 1. The summed E-state index contributed by atoms with van der Waals surface area (Å²) in [6.07, 6.45) is 8.13. The number of nitrogens with zero attached hydrogens (tertiary/aromatic N) is 1. The lowest BCUT2D eigenvalue weighted by atomic mass is 10.1. The SMILES string of the molecule is C#CC1=NC(C(C)C)=CC1. The lowest BCUT2D eigenvalue weighted by molar-refractivity contribution is 0.761. The second-order valence-corrected chi connectivity index (χ2v) is 2.69. The van der Waals surface area contributed by atoms with Crippen LogP contribution in [0.1, 0.15) is 20.3 Å². The van der Waals surface area contributed by atoms with Gasteiger partial charge in [0, 0.05) is 12.1 Å². The molecule has 0 atom stereocenters. The van der Waals surface area contributed by atoms with Crippen LogP contribution in [0.15, 0.2) is 16.8 Å². The minimum absolute atomic E-state index is 0.505. The second kappa shape index (κ2) is 2.70. The van der Waals surface area contributed by atoms with Crippen LogP contribution < -0.4 is 0 Å². The molecule has 1 heterocycles. The molecule has 1 nitrogen and oxygen atoms in total. The quantitative estimate of drug-likeness (QED) is 0.485. The highest BCUT2D eigenvalue weighted by molar-refractivity contribution is 6.02. The molecule has 1 rings (SSSR count). The topological polar surface area (TPSA) is 12.4 Å². The van der Waals surface area contributed by atoms with Crippen LogP contribution >= 0.6 is 0 Å². The Kier molecular flexibility index (Phi) is 1.91. The Morgan fingerprint density at radius 1 is 1.70 bits per heavy atom. The molecule has 1 aliphatic heterocycles. The number of allylic oxidation sites excluding steroid dienone is 2. The van der Waals surface area contributed by atoms with Gasteiger partial charge in [0.15, 0.2) is 0 Å². The van der Waals surface area contributed by atoms with Gasteiger partial charge in [-0.1, -0.05) is 25.8 Å². The third-order valence-corrected chi connectivity index (χ3v) is 1.53. The fraction of sp³-hybridized carbons (Fsp3) is 0.444. The summed E-state index contributed by atoms with van der Waals surface area (Å²) in [5.74, 6) is 3.05. The summed E-state index contributed by atoms with van der Waals surface area (Å²) < 4.78 is 0. The first-order chi connectivity index (χ1) is 4.74. The number of hydrogen-bond donors (Lipinski definition) is 0. The molecule has 0 bridgehead atoms. The first kappa shape index (κ1) is 7.08. The normalized spacial score (nSPS) is 16.6. The first-order valence-corrected chi connectivity index (χ1v) is 3.48. The molecule has 0 unspecified atom stereocenters. The van der Waals surface area contributed by atoms with E-state index in [0.717, 1.165) is 17.8 Å². The van der Waals surface area contributed by atoms with Gasteiger partial charge in [-0.05, 0) is 5.92 Å². The largest absolute Gasteiger partial charge is 0.249 e. The molecular formula is C9H11N. The van der Waals surface area contributed by atoms with Gasteiger partial charge >= 0.3 is 0 Å². The van der Waals surface area contributed by atoms with E-state index in [0.29, 0.717) is 5.92 Å². The molecule has 0 amide bonds. The minimum atomic E-state index is 0.505. The van der Waals surface area contributed by atoms with Crippen LogP contribution in [-0.4, -0.2) is 5.71 Å². The van der Waals surface area contributed by atoms with Gasteiger partial charge in [0.05, 0.1) is 5.71 Å². The zero-order valence-corrected chi connectivity index (χ0v) is 6.39. The van der Waals surface area contributed by atoms with Crippen molar-refractivity contribution >= 4 is 5.71 Å². The molecule has 0 aromatic rings. The fourth-order valence-corrected chi connectivity index (χ4v) is 0.904. The van der Waals surface area contributed by atoms with Crippen molar-refractivity contribution in [2.75, 3.05) is 0 Å². The number of rotatable bonds is 1. The van der Waals surface area contributed by atoms with Crippen LogP contribution in [0, 0.1) is 18.3 Å². The second-order valence-electron chi connectivity index (χ2n) is 2.69. The predicted octanol–water partition coefficient (Wildman–Crippen LogP) is 2.00. The van der Waals surface area contributed by atoms with Gasteiger partial charge in [-0.2, -0.15) is 0 Å². The van der Waals surface area contributed by atoms with Gasteiger partial charge in [-0.3, -0.25) is 0 Å². The van der Waals surface area contributed by atoms with E-state index < -0.39 is 0 Å². The van der Waals surface area contributed by atoms with E-state index in [2.05, 4.69) is 30.8 Å². The average molecular weight is 133 g/mol. The van der Waals surface area contributed by atoms with Crippen molar-refractivity contribution in [3.8, 4) is 12.3 Å². The summed E-state index contributed by atoms with van der Waals surface area (Å²) in [5, 5.41) is 0. The molecule has 0 N–H and O–H groups in total. The van der Waals surface area contributed by atoms with Crippen LogP contribution in [0.4, 0.5) is 0 Å².